The number of rotatable bonds is 5. The van der Waals surface area contributed by atoms with E-state index in [2.05, 4.69) is 0 Å². The van der Waals surface area contributed by atoms with Gasteiger partial charge in [0.15, 0.2) is 0 Å². The summed E-state index contributed by atoms with van der Waals surface area (Å²) in [6.07, 6.45) is 0.990. The Hall–Kier alpha value is -1.81. The first-order valence-electron chi connectivity index (χ1n) is 5.31. The number of hydrogen-bond donors (Lipinski definition) is 1. The molecule has 0 aliphatic rings. The van der Waals surface area contributed by atoms with Crippen LogP contribution in [0.15, 0.2) is 42.1 Å². The molecule has 0 aliphatic carbocycles. The van der Waals surface area contributed by atoms with Gasteiger partial charge in [0.2, 0.25) is 0 Å². The van der Waals surface area contributed by atoms with Crippen molar-refractivity contribution in [2.75, 3.05) is 13.7 Å². The van der Waals surface area contributed by atoms with Crippen molar-refractivity contribution < 1.29 is 14.3 Å². The number of carbonyl (C=O) groups excluding carboxylic acids is 1. The summed E-state index contributed by atoms with van der Waals surface area (Å²) >= 11 is 0. The van der Waals surface area contributed by atoms with E-state index in [1.165, 1.54) is 6.08 Å². The van der Waals surface area contributed by atoms with Crippen LogP contribution in [0.1, 0.15) is 18.6 Å². The van der Waals surface area contributed by atoms with Gasteiger partial charge in [-0.05, 0) is 12.5 Å². The summed E-state index contributed by atoms with van der Waals surface area (Å²) in [5.74, 6) is -0.456. The van der Waals surface area contributed by atoms with Crippen LogP contribution in [0.5, 0.6) is 0 Å². The van der Waals surface area contributed by atoms with E-state index in [4.69, 9.17) is 15.2 Å². The van der Waals surface area contributed by atoms with Gasteiger partial charge in [-0.1, -0.05) is 30.3 Å². The number of methoxy groups -OCH3 is 1. The highest BCUT2D eigenvalue weighted by molar-refractivity contribution is 5.82. The molecule has 92 valence electrons. The normalized spacial score (nSPS) is 13.2. The van der Waals surface area contributed by atoms with Crippen LogP contribution in [0.2, 0.25) is 0 Å². The zero-order valence-corrected chi connectivity index (χ0v) is 10.1. The summed E-state index contributed by atoms with van der Waals surface area (Å²) in [6, 6.07) is 9.58. The Labute approximate surface area is 101 Å². The molecule has 0 aliphatic heterocycles. The van der Waals surface area contributed by atoms with Crippen molar-refractivity contribution in [1.29, 1.82) is 0 Å². The maximum Gasteiger partial charge on any atom is 0.332 e. The van der Waals surface area contributed by atoms with E-state index in [-0.39, 0.29) is 12.7 Å². The molecule has 4 nitrogen and oxygen atoms in total. The molecule has 0 fully saturated rings. The minimum absolute atomic E-state index is 0.170. The molecule has 0 spiro atoms. The quantitative estimate of drug-likeness (QED) is 0.624. The fraction of sp³-hybridized carbons (Fsp3) is 0.308. The molecule has 1 aromatic carbocycles. The molecular weight excluding hydrogens is 218 g/mol. The molecule has 1 aromatic rings. The average molecular weight is 235 g/mol. The number of ether oxygens (including phenoxy) is 2. The highest BCUT2D eigenvalue weighted by Crippen LogP contribution is 2.16. The molecule has 0 heterocycles. The highest BCUT2D eigenvalue weighted by Gasteiger charge is 2.12. The van der Waals surface area contributed by atoms with E-state index in [0.717, 1.165) is 5.56 Å². The molecule has 0 saturated heterocycles. The van der Waals surface area contributed by atoms with Crippen LogP contribution in [0, 0.1) is 0 Å². The van der Waals surface area contributed by atoms with Gasteiger partial charge < -0.3 is 15.2 Å². The van der Waals surface area contributed by atoms with E-state index >= 15 is 0 Å². The van der Waals surface area contributed by atoms with Gasteiger partial charge in [-0.2, -0.15) is 0 Å². The second-order valence-corrected chi connectivity index (χ2v) is 3.65. The average Bonchev–Trinajstić information content (AvgIpc) is 2.30. The summed E-state index contributed by atoms with van der Waals surface area (Å²) in [6.45, 7) is 1.80. The standard InChI is InChI=1S/C13H17NO3/c1-10(14)8-13(15)17-9-12(16-2)11-6-4-3-5-7-11/h3-8,12H,9,14H2,1-2H3/b10-8-/t12-/m0/s1. The number of allylic oxidation sites excluding steroid dienone is 1. The molecule has 0 radical (unpaired) electrons. The Morgan fingerprint density at radius 3 is 2.59 bits per heavy atom. The van der Waals surface area contributed by atoms with E-state index in [1.807, 2.05) is 30.3 Å². The summed E-state index contributed by atoms with van der Waals surface area (Å²) < 4.78 is 10.3. The zero-order chi connectivity index (χ0) is 12.7. The van der Waals surface area contributed by atoms with Crippen molar-refractivity contribution in [1.82, 2.24) is 0 Å². The highest BCUT2D eigenvalue weighted by atomic mass is 16.6. The third-order valence-electron chi connectivity index (χ3n) is 2.18. The Morgan fingerprint density at radius 1 is 1.41 bits per heavy atom. The predicted octanol–water partition coefficient (Wildman–Crippen LogP) is 1.78. The van der Waals surface area contributed by atoms with Crippen molar-refractivity contribution in [3.05, 3.63) is 47.7 Å². The van der Waals surface area contributed by atoms with Crippen molar-refractivity contribution in [3.63, 3.8) is 0 Å². The predicted molar refractivity (Wildman–Crippen MR) is 65.1 cm³/mol. The Bertz CT molecular complexity index is 383. The minimum Gasteiger partial charge on any atom is -0.459 e. The van der Waals surface area contributed by atoms with E-state index in [0.29, 0.717) is 5.70 Å². The SMILES string of the molecule is CO[C@@H](COC(=O)/C=C(/C)N)c1ccccc1. The van der Waals surface area contributed by atoms with E-state index in [1.54, 1.807) is 14.0 Å². The van der Waals surface area contributed by atoms with Crippen molar-refractivity contribution in [2.24, 2.45) is 5.73 Å². The van der Waals surface area contributed by atoms with Gasteiger partial charge in [0.05, 0.1) is 0 Å². The summed E-state index contributed by atoms with van der Waals surface area (Å²) in [7, 11) is 1.58. The van der Waals surface area contributed by atoms with Gasteiger partial charge in [-0.15, -0.1) is 0 Å². The van der Waals surface area contributed by atoms with Crippen LogP contribution in [-0.4, -0.2) is 19.7 Å². The molecule has 0 saturated carbocycles. The molecule has 0 amide bonds. The van der Waals surface area contributed by atoms with Gasteiger partial charge in [-0.3, -0.25) is 0 Å². The van der Waals surface area contributed by atoms with Gasteiger partial charge in [0.25, 0.3) is 0 Å². The Morgan fingerprint density at radius 2 is 2.06 bits per heavy atom. The third-order valence-corrected chi connectivity index (χ3v) is 2.18. The number of esters is 1. The maximum atomic E-state index is 11.3. The lowest BCUT2D eigenvalue weighted by Crippen LogP contribution is -2.13. The van der Waals surface area contributed by atoms with Crippen molar-refractivity contribution in [2.45, 2.75) is 13.0 Å². The number of benzene rings is 1. The summed E-state index contributed by atoms with van der Waals surface area (Å²) in [4.78, 5) is 11.3. The molecule has 4 heteroatoms. The monoisotopic (exact) mass is 235 g/mol. The van der Waals surface area contributed by atoms with Gasteiger partial charge in [-0.25, -0.2) is 4.79 Å². The number of carbonyl (C=O) groups is 1. The maximum absolute atomic E-state index is 11.3. The molecule has 0 bridgehead atoms. The molecule has 17 heavy (non-hydrogen) atoms. The minimum atomic E-state index is -0.456. The number of hydrogen-bond acceptors (Lipinski definition) is 4. The zero-order valence-electron chi connectivity index (χ0n) is 10.1. The summed E-state index contributed by atoms with van der Waals surface area (Å²) in [5.41, 5.74) is 6.76. The topological polar surface area (TPSA) is 61.5 Å². The summed E-state index contributed by atoms with van der Waals surface area (Å²) in [5, 5.41) is 0. The van der Waals surface area contributed by atoms with Gasteiger partial charge >= 0.3 is 5.97 Å². The van der Waals surface area contributed by atoms with Crippen LogP contribution in [0.3, 0.4) is 0 Å². The second kappa shape index (κ2) is 6.70. The van der Waals surface area contributed by atoms with E-state index in [9.17, 15) is 4.79 Å². The van der Waals surface area contributed by atoms with Crippen LogP contribution in [0.4, 0.5) is 0 Å². The lowest BCUT2D eigenvalue weighted by molar-refractivity contribution is -0.141. The lowest BCUT2D eigenvalue weighted by atomic mass is 10.1. The van der Waals surface area contributed by atoms with Gasteiger partial charge in [0.1, 0.15) is 12.7 Å². The first-order chi connectivity index (χ1) is 8.13. The molecule has 1 atom stereocenters. The fourth-order valence-electron chi connectivity index (χ4n) is 1.35. The fourth-order valence-corrected chi connectivity index (χ4v) is 1.35. The van der Waals surface area contributed by atoms with Crippen molar-refractivity contribution in [3.8, 4) is 0 Å². The number of nitrogens with two attached hydrogens (primary N) is 1. The van der Waals surface area contributed by atoms with Crippen LogP contribution < -0.4 is 5.73 Å². The van der Waals surface area contributed by atoms with Crippen LogP contribution in [0.25, 0.3) is 0 Å². The Balaban J connectivity index is 2.55. The second-order valence-electron chi connectivity index (χ2n) is 3.65. The molecule has 0 aromatic heterocycles. The first-order valence-corrected chi connectivity index (χ1v) is 5.31. The smallest absolute Gasteiger partial charge is 0.332 e. The molecule has 0 unspecified atom stereocenters. The van der Waals surface area contributed by atoms with Crippen LogP contribution in [-0.2, 0) is 14.3 Å². The largest absolute Gasteiger partial charge is 0.459 e. The van der Waals surface area contributed by atoms with Gasteiger partial charge in [0, 0.05) is 18.9 Å². The third kappa shape index (κ3) is 4.70. The first kappa shape index (κ1) is 13.3. The molecule has 2 N–H and O–H groups in total. The van der Waals surface area contributed by atoms with Crippen LogP contribution >= 0.6 is 0 Å². The molecular formula is C13H17NO3. The van der Waals surface area contributed by atoms with Crippen molar-refractivity contribution >= 4 is 5.97 Å². The lowest BCUT2D eigenvalue weighted by Gasteiger charge is -2.15. The molecule has 1 rings (SSSR count). The van der Waals surface area contributed by atoms with E-state index < -0.39 is 5.97 Å². The Kier molecular flexibility index (Phi) is 5.23.